The van der Waals surface area contributed by atoms with Gasteiger partial charge < -0.3 is 5.32 Å². The Labute approximate surface area is 130 Å². The molecule has 1 atom stereocenters. The third kappa shape index (κ3) is 5.51. The quantitative estimate of drug-likeness (QED) is 0.718. The summed E-state index contributed by atoms with van der Waals surface area (Å²) in [5, 5.41) is 3.52. The number of hydrogen-bond acceptors (Lipinski definition) is 3. The van der Waals surface area contributed by atoms with Crippen LogP contribution in [0.3, 0.4) is 0 Å². The molecule has 0 radical (unpaired) electrons. The Balaban J connectivity index is 1.88. The molecule has 2 N–H and O–H groups in total. The van der Waals surface area contributed by atoms with Crippen LogP contribution >= 0.6 is 0 Å². The van der Waals surface area contributed by atoms with Crippen molar-refractivity contribution in [1.82, 2.24) is 14.3 Å². The van der Waals surface area contributed by atoms with E-state index in [9.17, 15) is 8.42 Å². The van der Waals surface area contributed by atoms with E-state index in [4.69, 9.17) is 0 Å². The Kier molecular flexibility index (Phi) is 5.68. The summed E-state index contributed by atoms with van der Waals surface area (Å²) in [5.74, 6) is 0.449. The largest absolute Gasteiger partial charge is 0.314 e. The minimum absolute atomic E-state index is 0.368. The molecule has 1 saturated heterocycles. The number of nitrogens with zero attached hydrogens (tertiary/aromatic N) is 1. The zero-order valence-corrected chi connectivity index (χ0v) is 14.5. The highest BCUT2D eigenvalue weighted by molar-refractivity contribution is 7.87. The summed E-state index contributed by atoms with van der Waals surface area (Å²) < 4.78 is 29.7. The third-order valence-corrected chi connectivity index (χ3v) is 6.20. The van der Waals surface area contributed by atoms with Crippen LogP contribution in [0, 0.1) is 5.92 Å². The van der Waals surface area contributed by atoms with Gasteiger partial charge in [0.25, 0.3) is 10.2 Å². The van der Waals surface area contributed by atoms with Gasteiger partial charge >= 0.3 is 0 Å². The normalized spacial score (nSPS) is 25.2. The van der Waals surface area contributed by atoms with Gasteiger partial charge in [-0.3, -0.25) is 0 Å². The molecule has 0 aromatic heterocycles. The van der Waals surface area contributed by atoms with E-state index in [2.05, 4.69) is 17.0 Å². The van der Waals surface area contributed by atoms with Crippen LogP contribution in [0.4, 0.5) is 0 Å². The second kappa shape index (κ2) is 6.94. The smallest absolute Gasteiger partial charge is 0.279 e. The highest BCUT2D eigenvalue weighted by Crippen LogP contribution is 2.23. The van der Waals surface area contributed by atoms with Gasteiger partial charge in [-0.2, -0.15) is 17.4 Å². The Hall–Kier alpha value is -0.170. The minimum Gasteiger partial charge on any atom is -0.314 e. The van der Waals surface area contributed by atoms with Gasteiger partial charge in [0.05, 0.1) is 0 Å². The van der Waals surface area contributed by atoms with E-state index in [0.717, 1.165) is 32.2 Å². The van der Waals surface area contributed by atoms with Gasteiger partial charge in [-0.1, -0.05) is 13.3 Å². The van der Waals surface area contributed by atoms with E-state index < -0.39 is 10.2 Å². The molecule has 2 fully saturated rings. The summed E-state index contributed by atoms with van der Waals surface area (Å²) in [6.07, 6.45) is 6.48. The topological polar surface area (TPSA) is 61.4 Å². The summed E-state index contributed by atoms with van der Waals surface area (Å²) >= 11 is 0. The summed E-state index contributed by atoms with van der Waals surface area (Å²) in [6.45, 7) is 8.26. The average molecular weight is 317 g/mol. The lowest BCUT2D eigenvalue weighted by atomic mass is 10.00. The molecular weight excluding hydrogens is 286 g/mol. The van der Waals surface area contributed by atoms with Crippen molar-refractivity contribution in [2.75, 3.05) is 19.6 Å². The maximum Gasteiger partial charge on any atom is 0.279 e. The van der Waals surface area contributed by atoms with Crippen molar-refractivity contribution in [1.29, 1.82) is 0 Å². The molecule has 124 valence electrons. The number of piperidine rings is 1. The van der Waals surface area contributed by atoms with Gasteiger partial charge in [0.2, 0.25) is 0 Å². The number of hydrogen-bond donors (Lipinski definition) is 2. The Morgan fingerprint density at radius 3 is 2.57 bits per heavy atom. The van der Waals surface area contributed by atoms with Crippen molar-refractivity contribution in [3.05, 3.63) is 0 Å². The molecule has 21 heavy (non-hydrogen) atoms. The first kappa shape index (κ1) is 17.2. The van der Waals surface area contributed by atoms with Crippen molar-refractivity contribution in [2.24, 2.45) is 5.92 Å². The van der Waals surface area contributed by atoms with Crippen LogP contribution in [0.25, 0.3) is 0 Å². The molecule has 2 rings (SSSR count). The van der Waals surface area contributed by atoms with Crippen LogP contribution < -0.4 is 10.0 Å². The van der Waals surface area contributed by atoms with Crippen LogP contribution in [-0.2, 0) is 10.2 Å². The van der Waals surface area contributed by atoms with Crippen LogP contribution in [0.2, 0.25) is 0 Å². The zero-order valence-electron chi connectivity index (χ0n) is 13.7. The van der Waals surface area contributed by atoms with E-state index in [-0.39, 0.29) is 5.54 Å². The fourth-order valence-corrected chi connectivity index (χ4v) is 4.83. The third-order valence-electron chi connectivity index (χ3n) is 4.37. The van der Waals surface area contributed by atoms with E-state index in [1.54, 1.807) is 4.31 Å². The molecular formula is C15H31N3O2S. The maximum absolute atomic E-state index is 12.6. The maximum atomic E-state index is 12.6. The first-order chi connectivity index (χ1) is 9.82. The Morgan fingerprint density at radius 1 is 1.24 bits per heavy atom. The van der Waals surface area contributed by atoms with Crippen molar-refractivity contribution < 1.29 is 8.42 Å². The van der Waals surface area contributed by atoms with E-state index >= 15 is 0 Å². The first-order valence-corrected chi connectivity index (χ1v) is 9.79. The minimum atomic E-state index is -3.36. The zero-order chi connectivity index (χ0) is 15.5. The highest BCUT2D eigenvalue weighted by Gasteiger charge is 2.33. The predicted octanol–water partition coefficient (Wildman–Crippen LogP) is 1.86. The van der Waals surface area contributed by atoms with Crippen molar-refractivity contribution in [3.8, 4) is 0 Å². The van der Waals surface area contributed by atoms with Crippen LogP contribution in [0.1, 0.15) is 59.3 Å². The van der Waals surface area contributed by atoms with Crippen LogP contribution in [0.5, 0.6) is 0 Å². The molecule has 0 spiro atoms. The van der Waals surface area contributed by atoms with Crippen molar-refractivity contribution in [3.63, 3.8) is 0 Å². The molecule has 0 aromatic rings. The molecule has 1 aliphatic heterocycles. The molecule has 1 heterocycles. The predicted molar refractivity (Wildman–Crippen MR) is 86.4 cm³/mol. The lowest BCUT2D eigenvalue weighted by molar-refractivity contribution is 0.252. The van der Waals surface area contributed by atoms with E-state index in [1.165, 1.54) is 12.8 Å². The molecule has 1 aliphatic carbocycles. The van der Waals surface area contributed by atoms with Crippen molar-refractivity contribution >= 4 is 10.2 Å². The lowest BCUT2D eigenvalue weighted by Crippen LogP contribution is -2.53. The molecule has 1 unspecified atom stereocenters. The van der Waals surface area contributed by atoms with Gasteiger partial charge in [-0.05, 0) is 58.4 Å². The highest BCUT2D eigenvalue weighted by atomic mass is 32.2. The molecule has 6 heteroatoms. The lowest BCUT2D eigenvalue weighted by Gasteiger charge is -2.35. The summed E-state index contributed by atoms with van der Waals surface area (Å²) in [7, 11) is -3.36. The van der Waals surface area contributed by atoms with Gasteiger partial charge in [-0.15, -0.1) is 0 Å². The second-order valence-electron chi connectivity index (χ2n) is 7.29. The summed E-state index contributed by atoms with van der Waals surface area (Å²) in [4.78, 5) is 0. The van der Waals surface area contributed by atoms with Crippen molar-refractivity contribution in [2.45, 2.75) is 70.9 Å². The molecule has 5 nitrogen and oxygen atoms in total. The molecule has 2 aliphatic rings. The average Bonchev–Trinajstić information content (AvgIpc) is 3.19. The Bertz CT molecular complexity index is 432. The van der Waals surface area contributed by atoms with Gasteiger partial charge in [-0.25, -0.2) is 0 Å². The van der Waals surface area contributed by atoms with E-state index in [1.807, 2.05) is 13.8 Å². The second-order valence-corrected chi connectivity index (χ2v) is 8.96. The van der Waals surface area contributed by atoms with E-state index in [0.29, 0.717) is 25.0 Å². The fourth-order valence-electron chi connectivity index (χ4n) is 3.12. The molecule has 0 aromatic carbocycles. The summed E-state index contributed by atoms with van der Waals surface area (Å²) in [5.41, 5.74) is -0.368. The number of nitrogens with one attached hydrogen (secondary N) is 2. The fraction of sp³-hybridized carbons (Fsp3) is 1.00. The molecule has 0 amide bonds. The standard InChI is InChI=1S/C15H31N3O2S/c1-4-9-15(2,3)17-21(19,20)18-10-5-6-13(12-18)11-16-14-7-8-14/h13-14,16-17H,4-12H2,1-3H3. The number of rotatable bonds is 8. The van der Waals surface area contributed by atoms with Gasteiger partial charge in [0.1, 0.15) is 0 Å². The van der Waals surface area contributed by atoms with Crippen LogP contribution in [0.15, 0.2) is 0 Å². The van der Waals surface area contributed by atoms with Crippen LogP contribution in [-0.4, -0.2) is 43.9 Å². The van der Waals surface area contributed by atoms with Gasteiger partial charge in [0, 0.05) is 24.7 Å². The monoisotopic (exact) mass is 317 g/mol. The Morgan fingerprint density at radius 2 is 1.95 bits per heavy atom. The van der Waals surface area contributed by atoms with Gasteiger partial charge in [0.15, 0.2) is 0 Å². The molecule has 1 saturated carbocycles. The molecule has 0 bridgehead atoms. The SMILES string of the molecule is CCCC(C)(C)NS(=O)(=O)N1CCCC(CNC2CC2)C1. The summed E-state index contributed by atoms with van der Waals surface area (Å²) in [6, 6.07) is 0.693. The first-order valence-electron chi connectivity index (χ1n) is 8.35.